The summed E-state index contributed by atoms with van der Waals surface area (Å²) in [6.45, 7) is 0.504. The van der Waals surface area contributed by atoms with Crippen LogP contribution in [0.1, 0.15) is 5.56 Å². The van der Waals surface area contributed by atoms with E-state index in [2.05, 4.69) is 10.2 Å². The number of hydrogen-bond donors (Lipinski definition) is 2. The molecule has 0 amide bonds. The van der Waals surface area contributed by atoms with Crippen LogP contribution in [-0.4, -0.2) is 21.1 Å². The van der Waals surface area contributed by atoms with E-state index in [4.69, 9.17) is 5.73 Å². The summed E-state index contributed by atoms with van der Waals surface area (Å²) in [5, 5.41) is 8.48. The van der Waals surface area contributed by atoms with Crippen LogP contribution in [0.4, 0.5) is 0 Å². The van der Waals surface area contributed by atoms with Gasteiger partial charge in [0.25, 0.3) is 0 Å². The van der Waals surface area contributed by atoms with Crippen molar-refractivity contribution in [3.63, 3.8) is 0 Å². The molecule has 18 heavy (non-hydrogen) atoms. The summed E-state index contributed by atoms with van der Waals surface area (Å²) < 4.78 is 1.50. The van der Waals surface area contributed by atoms with Gasteiger partial charge in [0, 0.05) is 18.1 Å². The molecule has 2 aromatic heterocycles. The minimum absolute atomic E-state index is 0.227. The van der Waals surface area contributed by atoms with Gasteiger partial charge in [0.15, 0.2) is 5.65 Å². The standard InChI is InChI=1S/C13H12N4O/c14-6-1-2-9-3-4-10-5-7-17-12(11(10)8-9)15-16-13(17)18/h1-5,7-8H,6,14H2,(H,16,18)/b2-1+. The van der Waals surface area contributed by atoms with Crippen LogP contribution in [-0.2, 0) is 0 Å². The van der Waals surface area contributed by atoms with Gasteiger partial charge in [-0.15, -0.1) is 0 Å². The van der Waals surface area contributed by atoms with Gasteiger partial charge in [-0.2, -0.15) is 5.10 Å². The second-order valence-electron chi connectivity index (χ2n) is 4.02. The van der Waals surface area contributed by atoms with E-state index in [1.54, 1.807) is 6.20 Å². The van der Waals surface area contributed by atoms with E-state index < -0.39 is 0 Å². The molecule has 2 heterocycles. The zero-order valence-electron chi connectivity index (χ0n) is 9.63. The second kappa shape index (κ2) is 4.12. The molecule has 0 aliphatic heterocycles. The third kappa shape index (κ3) is 1.61. The van der Waals surface area contributed by atoms with E-state index >= 15 is 0 Å². The highest BCUT2D eigenvalue weighted by Crippen LogP contribution is 2.19. The molecule has 5 nitrogen and oxygen atoms in total. The summed E-state index contributed by atoms with van der Waals surface area (Å²) in [5.74, 6) is 0. The Hall–Kier alpha value is -2.40. The van der Waals surface area contributed by atoms with E-state index in [1.165, 1.54) is 4.40 Å². The fraction of sp³-hybridized carbons (Fsp3) is 0.0769. The van der Waals surface area contributed by atoms with Gasteiger partial charge in [0.2, 0.25) is 0 Å². The number of aromatic nitrogens is 3. The van der Waals surface area contributed by atoms with Gasteiger partial charge in [-0.25, -0.2) is 14.3 Å². The molecule has 0 aliphatic carbocycles. The van der Waals surface area contributed by atoms with Crippen LogP contribution < -0.4 is 11.4 Å². The number of nitrogens with zero attached hydrogens (tertiary/aromatic N) is 2. The molecule has 5 heteroatoms. The lowest BCUT2D eigenvalue weighted by Crippen LogP contribution is -2.08. The summed E-state index contributed by atoms with van der Waals surface area (Å²) >= 11 is 0. The Morgan fingerprint density at radius 2 is 2.28 bits per heavy atom. The highest BCUT2D eigenvalue weighted by Gasteiger charge is 2.04. The number of hydrogen-bond acceptors (Lipinski definition) is 3. The minimum Gasteiger partial charge on any atom is -0.327 e. The third-order valence-corrected chi connectivity index (χ3v) is 2.87. The van der Waals surface area contributed by atoms with Gasteiger partial charge in [-0.05, 0) is 23.1 Å². The van der Waals surface area contributed by atoms with Crippen molar-refractivity contribution in [3.8, 4) is 0 Å². The monoisotopic (exact) mass is 240 g/mol. The Bertz CT molecular complexity index is 797. The number of nitrogens with two attached hydrogens (primary N) is 1. The summed E-state index contributed by atoms with van der Waals surface area (Å²) in [6.07, 6.45) is 5.56. The third-order valence-electron chi connectivity index (χ3n) is 2.87. The quantitative estimate of drug-likeness (QED) is 0.705. The molecular weight excluding hydrogens is 228 g/mol. The highest BCUT2D eigenvalue weighted by molar-refractivity contribution is 5.95. The molecule has 3 aromatic rings. The molecule has 0 unspecified atom stereocenters. The zero-order valence-corrected chi connectivity index (χ0v) is 9.63. The van der Waals surface area contributed by atoms with Crippen molar-refractivity contribution in [2.45, 2.75) is 0 Å². The van der Waals surface area contributed by atoms with Gasteiger partial charge in [0.05, 0.1) is 0 Å². The number of pyridine rings is 1. The van der Waals surface area contributed by atoms with Crippen molar-refractivity contribution in [1.82, 2.24) is 14.6 Å². The van der Waals surface area contributed by atoms with E-state index in [0.717, 1.165) is 16.3 Å². The summed E-state index contributed by atoms with van der Waals surface area (Å²) in [5.41, 5.74) is 6.88. The Kier molecular flexibility index (Phi) is 2.46. The van der Waals surface area contributed by atoms with E-state index in [1.807, 2.05) is 36.4 Å². The Morgan fingerprint density at radius 3 is 3.11 bits per heavy atom. The van der Waals surface area contributed by atoms with Gasteiger partial charge in [-0.3, -0.25) is 0 Å². The molecular formula is C13H12N4O. The first-order valence-electron chi connectivity index (χ1n) is 5.66. The average molecular weight is 240 g/mol. The van der Waals surface area contributed by atoms with Gasteiger partial charge < -0.3 is 5.73 Å². The molecule has 0 saturated heterocycles. The smallest absolute Gasteiger partial charge is 0.327 e. The van der Waals surface area contributed by atoms with Crippen molar-refractivity contribution in [2.24, 2.45) is 5.73 Å². The molecule has 0 bridgehead atoms. The van der Waals surface area contributed by atoms with Gasteiger partial charge >= 0.3 is 5.69 Å². The maximum Gasteiger partial charge on any atom is 0.347 e. The van der Waals surface area contributed by atoms with Crippen LogP contribution in [0.15, 0.2) is 41.3 Å². The molecule has 3 N–H and O–H groups in total. The Labute approximate surface area is 103 Å². The normalized spacial score (nSPS) is 11.8. The summed E-state index contributed by atoms with van der Waals surface area (Å²) in [6, 6.07) is 7.91. The maximum absolute atomic E-state index is 11.5. The molecule has 0 radical (unpaired) electrons. The first-order valence-corrected chi connectivity index (χ1v) is 5.66. The van der Waals surface area contributed by atoms with Crippen molar-refractivity contribution in [3.05, 3.63) is 52.6 Å². The lowest BCUT2D eigenvalue weighted by Gasteiger charge is -2.01. The molecule has 1 aromatic carbocycles. The van der Waals surface area contributed by atoms with Crippen molar-refractivity contribution < 1.29 is 0 Å². The van der Waals surface area contributed by atoms with Crippen LogP contribution in [0.2, 0.25) is 0 Å². The second-order valence-corrected chi connectivity index (χ2v) is 4.02. The number of aromatic amines is 1. The number of nitrogens with one attached hydrogen (secondary N) is 1. The minimum atomic E-state index is -0.227. The fourth-order valence-corrected chi connectivity index (χ4v) is 2.01. The zero-order chi connectivity index (χ0) is 12.5. The lowest BCUT2D eigenvalue weighted by molar-refractivity contribution is 1.02. The maximum atomic E-state index is 11.5. The van der Waals surface area contributed by atoms with Crippen molar-refractivity contribution >= 4 is 22.5 Å². The predicted octanol–water partition coefficient (Wildman–Crippen LogP) is 1.15. The molecule has 0 aliphatic rings. The molecule has 0 atom stereocenters. The number of H-pyrrole nitrogens is 1. The first kappa shape index (κ1) is 10.7. The van der Waals surface area contributed by atoms with Crippen LogP contribution in [0, 0.1) is 0 Å². The van der Waals surface area contributed by atoms with Crippen molar-refractivity contribution in [2.75, 3.05) is 6.54 Å². The summed E-state index contributed by atoms with van der Waals surface area (Å²) in [7, 11) is 0. The molecule has 3 rings (SSSR count). The van der Waals surface area contributed by atoms with Crippen molar-refractivity contribution in [1.29, 1.82) is 0 Å². The van der Waals surface area contributed by atoms with E-state index in [9.17, 15) is 4.79 Å². The highest BCUT2D eigenvalue weighted by atomic mass is 16.1. The van der Waals surface area contributed by atoms with Crippen LogP contribution in [0.3, 0.4) is 0 Å². The van der Waals surface area contributed by atoms with Crippen LogP contribution in [0.25, 0.3) is 22.5 Å². The number of benzene rings is 1. The van der Waals surface area contributed by atoms with Crippen LogP contribution >= 0.6 is 0 Å². The predicted molar refractivity (Wildman–Crippen MR) is 71.4 cm³/mol. The van der Waals surface area contributed by atoms with E-state index in [0.29, 0.717) is 12.2 Å². The SMILES string of the molecule is NC/C=C/c1ccc2ccn3c(=O)[nH]nc3c2c1. The molecule has 0 fully saturated rings. The lowest BCUT2D eigenvalue weighted by atomic mass is 10.1. The number of rotatable bonds is 2. The average Bonchev–Trinajstić information content (AvgIpc) is 2.78. The molecule has 90 valence electrons. The first-order chi connectivity index (χ1) is 8.79. The Morgan fingerprint density at radius 1 is 1.39 bits per heavy atom. The molecule has 0 saturated carbocycles. The fourth-order valence-electron chi connectivity index (χ4n) is 2.01. The summed E-state index contributed by atoms with van der Waals surface area (Å²) in [4.78, 5) is 11.5. The largest absolute Gasteiger partial charge is 0.347 e. The topological polar surface area (TPSA) is 76.2 Å². The van der Waals surface area contributed by atoms with Gasteiger partial charge in [0.1, 0.15) is 0 Å². The molecule has 0 spiro atoms. The Balaban J connectivity index is 2.33. The van der Waals surface area contributed by atoms with Crippen LogP contribution in [0.5, 0.6) is 0 Å². The number of fused-ring (bicyclic) bond motifs is 3. The van der Waals surface area contributed by atoms with Gasteiger partial charge in [-0.1, -0.05) is 24.3 Å². The van der Waals surface area contributed by atoms with E-state index in [-0.39, 0.29) is 5.69 Å².